The first-order valence-corrected chi connectivity index (χ1v) is 9.31. The van der Waals surface area contributed by atoms with Crippen LogP contribution in [0.4, 0.5) is 0 Å². The number of piperidine rings is 1. The highest BCUT2D eigenvalue weighted by Crippen LogP contribution is 2.15. The van der Waals surface area contributed by atoms with E-state index in [1.165, 1.54) is 0 Å². The summed E-state index contributed by atoms with van der Waals surface area (Å²) in [6, 6.07) is 1.57. The van der Waals surface area contributed by atoms with Gasteiger partial charge in [-0.05, 0) is 44.8 Å². The van der Waals surface area contributed by atoms with Crippen LogP contribution in [-0.4, -0.2) is 48.8 Å². The monoisotopic (exact) mass is 314 g/mol. The van der Waals surface area contributed by atoms with Crippen molar-refractivity contribution >= 4 is 10.0 Å². The lowest BCUT2D eigenvalue weighted by molar-refractivity contribution is 0.202. The molecule has 7 heteroatoms. The number of nitrogens with zero attached hydrogens (tertiary/aromatic N) is 3. The predicted octanol–water partition coefficient (Wildman–Crippen LogP) is 1.45. The first-order chi connectivity index (χ1) is 10.1. The molecule has 0 amide bonds. The molecule has 120 valence electrons. The van der Waals surface area contributed by atoms with Crippen molar-refractivity contribution in [2.75, 3.05) is 19.6 Å². The van der Waals surface area contributed by atoms with Crippen LogP contribution in [0, 0.1) is 0 Å². The number of rotatable bonds is 7. The van der Waals surface area contributed by atoms with Crippen molar-refractivity contribution < 1.29 is 8.42 Å². The molecule has 21 heavy (non-hydrogen) atoms. The number of hydrogen-bond acceptors (Lipinski definition) is 4. The quantitative estimate of drug-likeness (QED) is 0.827. The SMILES string of the molecule is CCCN1CCC[C@@H](NS(=O)(=O)c2ccnn2CCC)C1. The van der Waals surface area contributed by atoms with Gasteiger partial charge in [0.2, 0.25) is 0 Å². The van der Waals surface area contributed by atoms with E-state index >= 15 is 0 Å². The van der Waals surface area contributed by atoms with Gasteiger partial charge in [0.25, 0.3) is 10.0 Å². The fourth-order valence-corrected chi connectivity index (χ4v) is 4.29. The Morgan fingerprint density at radius 3 is 2.81 bits per heavy atom. The van der Waals surface area contributed by atoms with Gasteiger partial charge in [-0.15, -0.1) is 0 Å². The van der Waals surface area contributed by atoms with Gasteiger partial charge >= 0.3 is 0 Å². The Labute approximate surface area is 127 Å². The number of sulfonamides is 1. The first kappa shape index (κ1) is 16.5. The summed E-state index contributed by atoms with van der Waals surface area (Å²) in [6.45, 7) is 7.68. The van der Waals surface area contributed by atoms with Crippen molar-refractivity contribution in [3.8, 4) is 0 Å². The van der Waals surface area contributed by atoms with Gasteiger partial charge in [0, 0.05) is 19.1 Å². The van der Waals surface area contributed by atoms with E-state index in [2.05, 4.69) is 21.6 Å². The molecule has 1 aromatic rings. The van der Waals surface area contributed by atoms with Crippen molar-refractivity contribution in [2.45, 2.75) is 57.1 Å². The molecule has 0 unspecified atom stereocenters. The number of nitrogens with one attached hydrogen (secondary N) is 1. The van der Waals surface area contributed by atoms with E-state index in [1.54, 1.807) is 16.9 Å². The molecule has 2 heterocycles. The Bertz CT molecular complexity index is 539. The van der Waals surface area contributed by atoms with Crippen LogP contribution >= 0.6 is 0 Å². The van der Waals surface area contributed by atoms with E-state index in [-0.39, 0.29) is 11.1 Å². The molecule has 1 N–H and O–H groups in total. The van der Waals surface area contributed by atoms with Crippen LogP contribution in [0.3, 0.4) is 0 Å². The lowest BCUT2D eigenvalue weighted by Crippen LogP contribution is -2.48. The number of hydrogen-bond donors (Lipinski definition) is 1. The summed E-state index contributed by atoms with van der Waals surface area (Å²) in [5.41, 5.74) is 0. The molecule has 0 spiro atoms. The largest absolute Gasteiger partial charge is 0.302 e. The molecular formula is C14H26N4O2S. The van der Waals surface area contributed by atoms with E-state index in [4.69, 9.17) is 0 Å². The van der Waals surface area contributed by atoms with Gasteiger partial charge in [-0.2, -0.15) is 5.10 Å². The topological polar surface area (TPSA) is 67.2 Å². The average molecular weight is 314 g/mol. The van der Waals surface area contributed by atoms with Crippen molar-refractivity contribution in [1.29, 1.82) is 0 Å². The molecule has 2 rings (SSSR count). The minimum absolute atomic E-state index is 0.000256. The van der Waals surface area contributed by atoms with Crippen molar-refractivity contribution in [3.63, 3.8) is 0 Å². The Morgan fingerprint density at radius 2 is 2.10 bits per heavy atom. The van der Waals surface area contributed by atoms with Crippen LogP contribution < -0.4 is 4.72 Å². The summed E-state index contributed by atoms with van der Waals surface area (Å²) >= 11 is 0. The molecule has 1 aliphatic rings. The van der Waals surface area contributed by atoms with Crippen molar-refractivity contribution in [3.05, 3.63) is 12.3 Å². The third-order valence-corrected chi connectivity index (χ3v) is 5.30. The summed E-state index contributed by atoms with van der Waals surface area (Å²) in [6.07, 6.45) is 5.46. The van der Waals surface area contributed by atoms with Gasteiger partial charge in [0.05, 0.1) is 6.20 Å². The van der Waals surface area contributed by atoms with Crippen LogP contribution in [0.5, 0.6) is 0 Å². The number of likely N-dealkylation sites (tertiary alicyclic amines) is 1. The molecular weight excluding hydrogens is 288 g/mol. The van der Waals surface area contributed by atoms with E-state index in [9.17, 15) is 8.42 Å². The maximum Gasteiger partial charge on any atom is 0.258 e. The Morgan fingerprint density at radius 1 is 1.33 bits per heavy atom. The van der Waals surface area contributed by atoms with Crippen LogP contribution in [0.2, 0.25) is 0 Å². The molecule has 1 fully saturated rings. The molecule has 1 saturated heterocycles. The smallest absolute Gasteiger partial charge is 0.258 e. The maximum atomic E-state index is 12.5. The zero-order valence-electron chi connectivity index (χ0n) is 13.0. The Kier molecular flexibility index (Phi) is 5.78. The highest BCUT2D eigenvalue weighted by atomic mass is 32.2. The van der Waals surface area contributed by atoms with E-state index in [0.29, 0.717) is 6.54 Å². The average Bonchev–Trinajstić information content (AvgIpc) is 2.89. The Balaban J connectivity index is 2.04. The number of aryl methyl sites for hydroxylation is 1. The van der Waals surface area contributed by atoms with Gasteiger partial charge in [0.1, 0.15) is 0 Å². The van der Waals surface area contributed by atoms with Gasteiger partial charge in [-0.3, -0.25) is 4.68 Å². The minimum Gasteiger partial charge on any atom is -0.302 e. The van der Waals surface area contributed by atoms with E-state index in [0.717, 1.165) is 45.3 Å². The molecule has 0 saturated carbocycles. The van der Waals surface area contributed by atoms with Crippen molar-refractivity contribution in [1.82, 2.24) is 19.4 Å². The summed E-state index contributed by atoms with van der Waals surface area (Å²) in [5, 5.41) is 4.37. The second-order valence-electron chi connectivity index (χ2n) is 5.65. The van der Waals surface area contributed by atoms with Crippen molar-refractivity contribution in [2.24, 2.45) is 0 Å². The third-order valence-electron chi connectivity index (χ3n) is 3.76. The zero-order valence-corrected chi connectivity index (χ0v) is 13.8. The summed E-state index contributed by atoms with van der Waals surface area (Å²) in [7, 11) is -3.48. The normalized spacial score (nSPS) is 20.8. The van der Waals surface area contributed by atoms with Crippen LogP contribution in [-0.2, 0) is 16.6 Å². The fourth-order valence-electron chi connectivity index (χ4n) is 2.88. The molecule has 0 bridgehead atoms. The second-order valence-corrected chi connectivity index (χ2v) is 7.31. The predicted molar refractivity (Wildman–Crippen MR) is 82.6 cm³/mol. The van der Waals surface area contributed by atoms with E-state index in [1.807, 2.05) is 6.92 Å². The molecule has 0 radical (unpaired) electrons. The zero-order chi connectivity index (χ0) is 15.3. The summed E-state index contributed by atoms with van der Waals surface area (Å²) < 4.78 is 29.5. The molecule has 1 aromatic heterocycles. The van der Waals surface area contributed by atoms with Gasteiger partial charge < -0.3 is 4.90 Å². The van der Waals surface area contributed by atoms with Crippen LogP contribution in [0.15, 0.2) is 17.3 Å². The van der Waals surface area contributed by atoms with E-state index < -0.39 is 10.0 Å². The fraction of sp³-hybridized carbons (Fsp3) is 0.786. The maximum absolute atomic E-state index is 12.5. The second kappa shape index (κ2) is 7.38. The Hall–Kier alpha value is -0.920. The molecule has 1 aliphatic heterocycles. The standard InChI is InChI=1S/C14H26N4O2S/c1-3-9-17-11-5-6-13(12-17)16-21(19,20)14-7-8-15-18(14)10-4-2/h7-8,13,16H,3-6,9-12H2,1-2H3/t13-/m1/s1. The van der Waals surface area contributed by atoms with Crippen LogP contribution in [0.1, 0.15) is 39.5 Å². The molecule has 1 atom stereocenters. The first-order valence-electron chi connectivity index (χ1n) is 7.83. The lowest BCUT2D eigenvalue weighted by atomic mass is 10.1. The molecule has 0 aromatic carbocycles. The van der Waals surface area contributed by atoms with Gasteiger partial charge in [-0.25, -0.2) is 13.1 Å². The highest BCUT2D eigenvalue weighted by molar-refractivity contribution is 7.89. The lowest BCUT2D eigenvalue weighted by Gasteiger charge is -2.32. The third kappa shape index (κ3) is 4.28. The number of aromatic nitrogens is 2. The van der Waals surface area contributed by atoms with Crippen LogP contribution in [0.25, 0.3) is 0 Å². The molecule has 0 aliphatic carbocycles. The summed E-state index contributed by atoms with van der Waals surface area (Å²) in [4.78, 5) is 2.33. The van der Waals surface area contributed by atoms with Gasteiger partial charge in [-0.1, -0.05) is 13.8 Å². The summed E-state index contributed by atoms with van der Waals surface area (Å²) in [5.74, 6) is 0. The molecule has 6 nitrogen and oxygen atoms in total. The van der Waals surface area contributed by atoms with Gasteiger partial charge in [0.15, 0.2) is 5.03 Å². The minimum atomic E-state index is -3.48. The highest BCUT2D eigenvalue weighted by Gasteiger charge is 2.26.